The lowest BCUT2D eigenvalue weighted by Gasteiger charge is -2.48. The monoisotopic (exact) mass is 212 g/mol. The van der Waals surface area contributed by atoms with E-state index in [2.05, 4.69) is 10.3 Å². The Kier molecular flexibility index (Phi) is 2.05. The Bertz CT molecular complexity index is 311. The van der Waals surface area contributed by atoms with Crippen molar-refractivity contribution in [3.63, 3.8) is 0 Å². The third-order valence-corrected chi connectivity index (χ3v) is 3.60. The lowest BCUT2D eigenvalue weighted by Crippen LogP contribution is -2.63. The predicted molar refractivity (Wildman–Crippen MR) is 52.4 cm³/mol. The molecule has 0 saturated carbocycles. The zero-order valence-electron chi connectivity index (χ0n) is 7.73. The minimum Gasteiger partial charge on any atom is -0.375 e. The van der Waals surface area contributed by atoms with Gasteiger partial charge in [-0.3, -0.25) is 0 Å². The summed E-state index contributed by atoms with van der Waals surface area (Å²) in [5.74, 6) is 0. The molecule has 2 fully saturated rings. The first-order chi connectivity index (χ1) is 6.91. The molecule has 1 spiro atoms. The van der Waals surface area contributed by atoms with Crippen molar-refractivity contribution in [2.45, 2.75) is 11.6 Å². The summed E-state index contributed by atoms with van der Waals surface area (Å²) in [6.07, 6.45) is 1.84. The topological polar surface area (TPSA) is 43.4 Å². The molecule has 2 aliphatic heterocycles. The molecule has 14 heavy (non-hydrogen) atoms. The number of thiazole rings is 1. The molecule has 0 aromatic carbocycles. The normalized spacial score (nSPS) is 30.1. The highest BCUT2D eigenvalue weighted by Crippen LogP contribution is 2.38. The molecule has 1 aromatic heterocycles. The van der Waals surface area contributed by atoms with E-state index < -0.39 is 0 Å². The van der Waals surface area contributed by atoms with E-state index in [1.54, 1.807) is 11.3 Å². The fraction of sp³-hybridized carbons (Fsp3) is 0.667. The molecule has 3 rings (SSSR count). The number of hydrogen-bond donors (Lipinski definition) is 1. The van der Waals surface area contributed by atoms with Gasteiger partial charge in [0.2, 0.25) is 0 Å². The van der Waals surface area contributed by atoms with Gasteiger partial charge in [-0.15, -0.1) is 11.3 Å². The first-order valence-electron chi connectivity index (χ1n) is 4.75. The highest BCUT2D eigenvalue weighted by molar-refractivity contribution is 7.09. The molecule has 0 aliphatic carbocycles. The lowest BCUT2D eigenvalue weighted by molar-refractivity contribution is -0.239. The molecule has 0 bridgehead atoms. The number of rotatable bonds is 1. The van der Waals surface area contributed by atoms with Crippen molar-refractivity contribution in [1.82, 2.24) is 10.3 Å². The van der Waals surface area contributed by atoms with Gasteiger partial charge in [0, 0.05) is 18.1 Å². The molecule has 1 aromatic rings. The Morgan fingerprint density at radius 1 is 1.57 bits per heavy atom. The largest absolute Gasteiger partial charge is 0.375 e. The number of morpholine rings is 1. The van der Waals surface area contributed by atoms with Crippen molar-refractivity contribution in [3.05, 3.63) is 16.6 Å². The third kappa shape index (κ3) is 1.20. The highest BCUT2D eigenvalue weighted by atomic mass is 32.1. The molecule has 5 heteroatoms. The first-order valence-corrected chi connectivity index (χ1v) is 5.63. The van der Waals surface area contributed by atoms with Crippen molar-refractivity contribution >= 4 is 11.3 Å². The minimum absolute atomic E-state index is 0.143. The van der Waals surface area contributed by atoms with Crippen molar-refractivity contribution in [2.24, 2.45) is 0 Å². The zero-order chi connectivity index (χ0) is 9.43. The van der Waals surface area contributed by atoms with Crippen LogP contribution in [0.2, 0.25) is 0 Å². The Labute approximate surface area is 86.2 Å². The van der Waals surface area contributed by atoms with E-state index in [1.165, 1.54) is 0 Å². The summed E-state index contributed by atoms with van der Waals surface area (Å²) in [5.41, 5.74) is -0.143. The fourth-order valence-corrected chi connectivity index (χ4v) is 2.79. The van der Waals surface area contributed by atoms with E-state index in [0.717, 1.165) is 18.2 Å². The van der Waals surface area contributed by atoms with Crippen LogP contribution in [0.1, 0.15) is 11.0 Å². The Hall–Kier alpha value is -0.490. The van der Waals surface area contributed by atoms with Crippen molar-refractivity contribution < 1.29 is 9.47 Å². The van der Waals surface area contributed by atoms with E-state index in [0.29, 0.717) is 13.2 Å². The molecular formula is C9H12N2O2S. The second-order valence-electron chi connectivity index (χ2n) is 3.66. The average molecular weight is 212 g/mol. The van der Waals surface area contributed by atoms with E-state index in [1.807, 2.05) is 11.6 Å². The van der Waals surface area contributed by atoms with E-state index in [-0.39, 0.29) is 11.6 Å². The van der Waals surface area contributed by atoms with Gasteiger partial charge in [0.1, 0.15) is 10.6 Å². The van der Waals surface area contributed by atoms with Crippen LogP contribution in [0.4, 0.5) is 0 Å². The molecule has 2 saturated heterocycles. The summed E-state index contributed by atoms with van der Waals surface area (Å²) >= 11 is 1.67. The van der Waals surface area contributed by atoms with Gasteiger partial charge in [0.05, 0.1) is 25.9 Å². The van der Waals surface area contributed by atoms with E-state index in [9.17, 15) is 0 Å². The predicted octanol–water partition coefficient (Wildman–Crippen LogP) is 0.573. The molecule has 1 N–H and O–H groups in total. The third-order valence-electron chi connectivity index (χ3n) is 2.76. The number of ether oxygens (including phenoxy) is 2. The van der Waals surface area contributed by atoms with Gasteiger partial charge in [0.15, 0.2) is 0 Å². The molecule has 1 atom stereocenters. The smallest absolute Gasteiger partial charge is 0.136 e. The van der Waals surface area contributed by atoms with Crippen LogP contribution >= 0.6 is 11.3 Å². The number of aromatic nitrogens is 1. The van der Waals surface area contributed by atoms with Crippen molar-refractivity contribution in [3.8, 4) is 0 Å². The van der Waals surface area contributed by atoms with Gasteiger partial charge in [0.25, 0.3) is 0 Å². The van der Waals surface area contributed by atoms with Crippen LogP contribution in [-0.4, -0.2) is 37.0 Å². The quantitative estimate of drug-likeness (QED) is 0.739. The van der Waals surface area contributed by atoms with Crippen LogP contribution < -0.4 is 5.32 Å². The molecule has 3 heterocycles. The Balaban J connectivity index is 1.88. The van der Waals surface area contributed by atoms with Crippen LogP contribution in [0, 0.1) is 0 Å². The summed E-state index contributed by atoms with van der Waals surface area (Å²) < 4.78 is 11.1. The maximum Gasteiger partial charge on any atom is 0.136 e. The maximum atomic E-state index is 5.82. The maximum absolute atomic E-state index is 5.82. The average Bonchev–Trinajstić information content (AvgIpc) is 2.68. The Morgan fingerprint density at radius 2 is 2.50 bits per heavy atom. The standard InChI is InChI=1S/C9H12N2O2S/c1-3-13-9(5-12-6-9)7(10-1)8-11-2-4-14-8/h2,4,7,10H,1,3,5-6H2. The summed E-state index contributed by atoms with van der Waals surface area (Å²) in [6, 6.07) is 0.213. The van der Waals surface area contributed by atoms with Gasteiger partial charge >= 0.3 is 0 Å². The van der Waals surface area contributed by atoms with Crippen LogP contribution in [0.3, 0.4) is 0 Å². The molecule has 1 unspecified atom stereocenters. The fourth-order valence-electron chi connectivity index (χ4n) is 1.97. The summed E-state index contributed by atoms with van der Waals surface area (Å²) in [4.78, 5) is 4.34. The number of hydrogen-bond acceptors (Lipinski definition) is 5. The first kappa shape index (κ1) is 8.79. The molecular weight excluding hydrogens is 200 g/mol. The second kappa shape index (κ2) is 3.27. The molecule has 76 valence electrons. The number of nitrogens with zero attached hydrogens (tertiary/aromatic N) is 1. The number of nitrogens with one attached hydrogen (secondary N) is 1. The van der Waals surface area contributed by atoms with Crippen molar-refractivity contribution in [1.29, 1.82) is 0 Å². The minimum atomic E-state index is -0.143. The summed E-state index contributed by atoms with van der Waals surface area (Å²) in [7, 11) is 0. The van der Waals surface area contributed by atoms with Gasteiger partial charge in [-0.1, -0.05) is 0 Å². The Morgan fingerprint density at radius 3 is 3.14 bits per heavy atom. The van der Waals surface area contributed by atoms with Crippen molar-refractivity contribution in [2.75, 3.05) is 26.4 Å². The lowest BCUT2D eigenvalue weighted by atomic mass is 9.91. The van der Waals surface area contributed by atoms with E-state index >= 15 is 0 Å². The van der Waals surface area contributed by atoms with Gasteiger partial charge in [-0.05, 0) is 0 Å². The van der Waals surface area contributed by atoms with Gasteiger partial charge in [-0.25, -0.2) is 4.98 Å². The summed E-state index contributed by atoms with van der Waals surface area (Å²) in [5, 5.41) is 6.56. The van der Waals surface area contributed by atoms with Crippen LogP contribution in [0.5, 0.6) is 0 Å². The highest BCUT2D eigenvalue weighted by Gasteiger charge is 2.50. The molecule has 0 amide bonds. The molecule has 0 radical (unpaired) electrons. The SMILES string of the molecule is c1csc(C2NCCOC23COC3)n1. The van der Waals surface area contributed by atoms with Crippen LogP contribution in [-0.2, 0) is 9.47 Å². The van der Waals surface area contributed by atoms with Crippen LogP contribution in [0.15, 0.2) is 11.6 Å². The summed E-state index contributed by atoms with van der Waals surface area (Å²) in [6.45, 7) is 3.03. The van der Waals surface area contributed by atoms with Gasteiger partial charge < -0.3 is 14.8 Å². The molecule has 4 nitrogen and oxygen atoms in total. The van der Waals surface area contributed by atoms with Gasteiger partial charge in [-0.2, -0.15) is 0 Å². The van der Waals surface area contributed by atoms with Crippen LogP contribution in [0.25, 0.3) is 0 Å². The zero-order valence-corrected chi connectivity index (χ0v) is 8.55. The molecule has 2 aliphatic rings. The second-order valence-corrected chi connectivity index (χ2v) is 4.59. The van der Waals surface area contributed by atoms with E-state index in [4.69, 9.17) is 9.47 Å².